The zero-order valence-corrected chi connectivity index (χ0v) is 7.80. The molecular formula is C10H16O2. The van der Waals surface area contributed by atoms with E-state index in [9.17, 15) is 4.79 Å². The van der Waals surface area contributed by atoms with Gasteiger partial charge in [-0.3, -0.25) is 4.79 Å². The van der Waals surface area contributed by atoms with E-state index in [-0.39, 0.29) is 5.97 Å². The van der Waals surface area contributed by atoms with Crippen LogP contribution < -0.4 is 0 Å². The highest BCUT2D eigenvalue weighted by molar-refractivity contribution is 5.69. The smallest absolute Gasteiger partial charge is 0.306 e. The zero-order chi connectivity index (χ0) is 9.40. The van der Waals surface area contributed by atoms with E-state index in [4.69, 9.17) is 4.74 Å². The molecular weight excluding hydrogens is 152 g/mol. The number of ether oxygens (including phenoxy) is 1. The molecule has 0 N–H and O–H groups in total. The fourth-order valence-electron chi connectivity index (χ4n) is 0.719. The monoisotopic (exact) mass is 168 g/mol. The predicted octanol–water partition coefficient (Wildman–Crippen LogP) is 2.46. The predicted molar refractivity (Wildman–Crippen MR) is 49.8 cm³/mol. The molecule has 0 aliphatic heterocycles. The van der Waals surface area contributed by atoms with Crippen molar-refractivity contribution in [3.8, 4) is 0 Å². The number of rotatable bonds is 5. The topological polar surface area (TPSA) is 26.3 Å². The van der Waals surface area contributed by atoms with Crippen molar-refractivity contribution in [2.45, 2.75) is 26.7 Å². The van der Waals surface area contributed by atoms with Crippen LogP contribution >= 0.6 is 0 Å². The van der Waals surface area contributed by atoms with Crippen LogP contribution in [0.4, 0.5) is 0 Å². The van der Waals surface area contributed by atoms with Gasteiger partial charge in [-0.15, -0.1) is 0 Å². The van der Waals surface area contributed by atoms with E-state index in [1.807, 2.05) is 26.0 Å². The van der Waals surface area contributed by atoms with Gasteiger partial charge in [0.1, 0.15) is 0 Å². The molecule has 2 heteroatoms. The van der Waals surface area contributed by atoms with Crippen LogP contribution in [0.1, 0.15) is 26.7 Å². The van der Waals surface area contributed by atoms with Crippen LogP contribution in [0.2, 0.25) is 0 Å². The maximum Gasteiger partial charge on any atom is 0.306 e. The van der Waals surface area contributed by atoms with Crippen molar-refractivity contribution >= 4 is 5.97 Å². The van der Waals surface area contributed by atoms with Crippen LogP contribution in [-0.2, 0) is 9.53 Å². The summed E-state index contributed by atoms with van der Waals surface area (Å²) in [5.41, 5.74) is 0.999. The summed E-state index contributed by atoms with van der Waals surface area (Å²) in [6.07, 6.45) is 5.02. The van der Waals surface area contributed by atoms with Gasteiger partial charge in [0.05, 0.1) is 6.61 Å². The van der Waals surface area contributed by atoms with Crippen LogP contribution in [0.15, 0.2) is 24.3 Å². The highest BCUT2D eigenvalue weighted by Gasteiger charge is 1.97. The minimum atomic E-state index is -0.135. The molecule has 0 aliphatic carbocycles. The van der Waals surface area contributed by atoms with Gasteiger partial charge in [-0.1, -0.05) is 24.3 Å². The van der Waals surface area contributed by atoms with Crippen LogP contribution in [-0.4, -0.2) is 12.6 Å². The van der Waals surface area contributed by atoms with Crippen LogP contribution in [0.5, 0.6) is 0 Å². The molecule has 0 saturated heterocycles. The Hall–Kier alpha value is -1.05. The molecule has 0 unspecified atom stereocenters. The fourth-order valence-corrected chi connectivity index (χ4v) is 0.719. The Morgan fingerprint density at radius 3 is 2.75 bits per heavy atom. The Kier molecular flexibility index (Phi) is 6.07. The van der Waals surface area contributed by atoms with Crippen molar-refractivity contribution in [2.75, 3.05) is 6.61 Å². The van der Waals surface area contributed by atoms with Gasteiger partial charge >= 0.3 is 5.97 Å². The van der Waals surface area contributed by atoms with Gasteiger partial charge in [-0.05, 0) is 20.3 Å². The summed E-state index contributed by atoms with van der Waals surface area (Å²) in [7, 11) is 0. The Balaban J connectivity index is 3.43. The normalized spacial score (nSPS) is 10.2. The molecule has 0 amide bonds. The van der Waals surface area contributed by atoms with E-state index < -0.39 is 0 Å². The molecule has 0 bridgehead atoms. The second kappa shape index (κ2) is 6.65. The van der Waals surface area contributed by atoms with Gasteiger partial charge in [0.2, 0.25) is 0 Å². The SMILES string of the molecule is C=C(C)/C=C/CCC(=O)OCC. The van der Waals surface area contributed by atoms with E-state index in [0.29, 0.717) is 13.0 Å². The molecule has 0 saturated carbocycles. The first-order valence-electron chi connectivity index (χ1n) is 4.14. The summed E-state index contributed by atoms with van der Waals surface area (Å²) >= 11 is 0. The van der Waals surface area contributed by atoms with E-state index >= 15 is 0 Å². The molecule has 0 fully saturated rings. The number of hydrogen-bond acceptors (Lipinski definition) is 2. The third-order valence-electron chi connectivity index (χ3n) is 1.22. The molecule has 12 heavy (non-hydrogen) atoms. The van der Waals surface area contributed by atoms with Gasteiger partial charge in [0.15, 0.2) is 0 Å². The summed E-state index contributed by atoms with van der Waals surface area (Å²) in [5.74, 6) is -0.135. The quantitative estimate of drug-likeness (QED) is 0.465. The molecule has 0 aromatic heterocycles. The first-order chi connectivity index (χ1) is 5.66. The molecule has 0 spiro atoms. The number of hydrogen-bond donors (Lipinski definition) is 0. The molecule has 0 atom stereocenters. The number of carbonyl (C=O) groups is 1. The maximum absolute atomic E-state index is 10.8. The summed E-state index contributed by atoms with van der Waals surface area (Å²) in [6, 6.07) is 0. The third-order valence-corrected chi connectivity index (χ3v) is 1.22. The molecule has 0 heterocycles. The standard InChI is InChI=1S/C10H16O2/c1-4-12-10(11)8-6-5-7-9(2)3/h5,7H,2,4,6,8H2,1,3H3/b7-5+. The minimum Gasteiger partial charge on any atom is -0.466 e. The number of esters is 1. The molecule has 68 valence electrons. The fraction of sp³-hybridized carbons (Fsp3) is 0.500. The largest absolute Gasteiger partial charge is 0.466 e. The Morgan fingerprint density at radius 2 is 2.25 bits per heavy atom. The second-order valence-corrected chi connectivity index (χ2v) is 2.59. The first-order valence-corrected chi connectivity index (χ1v) is 4.14. The van der Waals surface area contributed by atoms with Gasteiger partial charge in [-0.25, -0.2) is 0 Å². The van der Waals surface area contributed by atoms with Gasteiger partial charge in [-0.2, -0.15) is 0 Å². The maximum atomic E-state index is 10.8. The van der Waals surface area contributed by atoms with Crippen LogP contribution in [0.25, 0.3) is 0 Å². The molecule has 0 aromatic carbocycles. The Bertz CT molecular complexity index is 180. The minimum absolute atomic E-state index is 0.135. The third kappa shape index (κ3) is 7.06. The number of allylic oxidation sites excluding steroid dienone is 3. The molecule has 2 nitrogen and oxygen atoms in total. The van der Waals surface area contributed by atoms with Gasteiger partial charge in [0, 0.05) is 6.42 Å². The molecule has 0 radical (unpaired) electrons. The summed E-state index contributed by atoms with van der Waals surface area (Å²) < 4.78 is 4.75. The van der Waals surface area contributed by atoms with Crippen molar-refractivity contribution in [1.29, 1.82) is 0 Å². The van der Waals surface area contributed by atoms with E-state index in [1.54, 1.807) is 0 Å². The lowest BCUT2D eigenvalue weighted by Crippen LogP contribution is -2.02. The Labute approximate surface area is 73.9 Å². The average Bonchev–Trinajstić information content (AvgIpc) is 1.98. The highest BCUT2D eigenvalue weighted by atomic mass is 16.5. The van der Waals surface area contributed by atoms with Crippen LogP contribution in [0.3, 0.4) is 0 Å². The van der Waals surface area contributed by atoms with Crippen molar-refractivity contribution in [3.05, 3.63) is 24.3 Å². The summed E-state index contributed by atoms with van der Waals surface area (Å²) in [6.45, 7) is 7.89. The first kappa shape index (κ1) is 11.0. The molecule has 0 aliphatic rings. The van der Waals surface area contributed by atoms with Crippen LogP contribution in [0, 0.1) is 0 Å². The van der Waals surface area contributed by atoms with Crippen molar-refractivity contribution in [3.63, 3.8) is 0 Å². The Morgan fingerprint density at radius 1 is 1.58 bits per heavy atom. The van der Waals surface area contributed by atoms with Crippen molar-refractivity contribution in [2.24, 2.45) is 0 Å². The second-order valence-electron chi connectivity index (χ2n) is 2.59. The van der Waals surface area contributed by atoms with Crippen molar-refractivity contribution in [1.82, 2.24) is 0 Å². The average molecular weight is 168 g/mol. The van der Waals surface area contributed by atoms with E-state index in [2.05, 4.69) is 6.58 Å². The summed E-state index contributed by atoms with van der Waals surface area (Å²) in [4.78, 5) is 10.8. The highest BCUT2D eigenvalue weighted by Crippen LogP contribution is 1.97. The van der Waals surface area contributed by atoms with Gasteiger partial charge in [0.25, 0.3) is 0 Å². The molecule has 0 aromatic rings. The lowest BCUT2D eigenvalue weighted by Gasteiger charge is -1.97. The molecule has 0 rings (SSSR count). The van der Waals surface area contributed by atoms with Gasteiger partial charge < -0.3 is 4.74 Å². The van der Waals surface area contributed by atoms with E-state index in [0.717, 1.165) is 12.0 Å². The lowest BCUT2D eigenvalue weighted by atomic mass is 10.2. The number of carbonyl (C=O) groups excluding carboxylic acids is 1. The van der Waals surface area contributed by atoms with E-state index in [1.165, 1.54) is 0 Å². The lowest BCUT2D eigenvalue weighted by molar-refractivity contribution is -0.142. The summed E-state index contributed by atoms with van der Waals surface area (Å²) in [5, 5.41) is 0. The van der Waals surface area contributed by atoms with Crippen molar-refractivity contribution < 1.29 is 9.53 Å². The zero-order valence-electron chi connectivity index (χ0n) is 7.80.